The first-order valence-corrected chi connectivity index (χ1v) is 8.82. The molecule has 0 bridgehead atoms. The molecule has 3 aromatic rings. The molecular weight excluding hydrogens is 362 g/mol. The van der Waals surface area contributed by atoms with Gasteiger partial charge in [-0.2, -0.15) is 0 Å². The van der Waals surface area contributed by atoms with Crippen LogP contribution in [0.15, 0.2) is 51.9 Å². The van der Waals surface area contributed by atoms with E-state index in [2.05, 4.69) is 5.32 Å². The minimum atomic E-state index is -0.465. The van der Waals surface area contributed by atoms with Gasteiger partial charge in [0.1, 0.15) is 28.7 Å². The zero-order chi connectivity index (χ0) is 20.3. The van der Waals surface area contributed by atoms with Crippen LogP contribution in [-0.4, -0.2) is 17.0 Å². The molecule has 2 aromatic carbocycles. The third-order valence-electron chi connectivity index (χ3n) is 4.15. The monoisotopic (exact) mass is 381 g/mol. The molecule has 0 spiro atoms. The van der Waals surface area contributed by atoms with Crippen molar-refractivity contribution < 1.29 is 23.8 Å². The lowest BCUT2D eigenvalue weighted by Crippen LogP contribution is -2.09. The van der Waals surface area contributed by atoms with Crippen LogP contribution in [0.1, 0.15) is 26.7 Å². The third-order valence-corrected chi connectivity index (χ3v) is 4.15. The number of anilines is 1. The molecule has 0 atom stereocenters. The number of amides is 1. The summed E-state index contributed by atoms with van der Waals surface area (Å²) in [5.74, 6) is -0.807. The van der Waals surface area contributed by atoms with E-state index in [1.807, 2.05) is 0 Å². The molecule has 3 rings (SSSR count). The number of hydrogen-bond donors (Lipinski definition) is 2. The summed E-state index contributed by atoms with van der Waals surface area (Å²) >= 11 is 0. The minimum Gasteiger partial charge on any atom is -0.507 e. The maximum absolute atomic E-state index is 12.9. The summed E-state index contributed by atoms with van der Waals surface area (Å²) in [6.45, 7) is 3.40. The molecular formula is C21H19NO6. The fourth-order valence-electron chi connectivity index (χ4n) is 2.65. The highest BCUT2D eigenvalue weighted by Gasteiger charge is 2.15. The first-order chi connectivity index (χ1) is 13.4. The van der Waals surface area contributed by atoms with Gasteiger partial charge in [0.25, 0.3) is 0 Å². The van der Waals surface area contributed by atoms with Crippen LogP contribution in [0.5, 0.6) is 11.5 Å². The molecule has 0 unspecified atom stereocenters. The summed E-state index contributed by atoms with van der Waals surface area (Å²) in [6, 6.07) is 9.31. The molecule has 144 valence electrons. The number of ether oxygens (including phenoxy) is 1. The maximum atomic E-state index is 12.9. The van der Waals surface area contributed by atoms with Gasteiger partial charge in [-0.1, -0.05) is 26.0 Å². The zero-order valence-corrected chi connectivity index (χ0v) is 15.4. The first-order valence-electron chi connectivity index (χ1n) is 8.82. The number of nitrogens with one attached hydrogen (secondary N) is 1. The predicted octanol–water partition coefficient (Wildman–Crippen LogP) is 3.83. The van der Waals surface area contributed by atoms with Crippen LogP contribution in [0.3, 0.4) is 0 Å². The topological polar surface area (TPSA) is 106 Å². The third kappa shape index (κ3) is 3.88. The molecule has 1 amide bonds. The number of carbonyl (C=O) groups excluding carboxylic acids is 2. The Morgan fingerprint density at radius 2 is 1.82 bits per heavy atom. The second-order valence-electron chi connectivity index (χ2n) is 6.10. The molecule has 0 aliphatic rings. The number of rotatable bonds is 5. The van der Waals surface area contributed by atoms with Crippen LogP contribution in [0.2, 0.25) is 0 Å². The van der Waals surface area contributed by atoms with E-state index in [4.69, 9.17) is 9.15 Å². The summed E-state index contributed by atoms with van der Waals surface area (Å²) in [6.07, 6.45) is 1.83. The van der Waals surface area contributed by atoms with Gasteiger partial charge in [-0.3, -0.25) is 14.4 Å². The standard InChI is InChI=1S/C21H19NO6/c1-3-18(24)22-13-7-5-12(6-8-13)15-11-27-17-10-14(28-19(25)4-2)9-16(23)20(17)21(15)26/h5-11,23H,3-4H2,1-2H3,(H,22,24). The smallest absolute Gasteiger partial charge is 0.310 e. The van der Waals surface area contributed by atoms with Gasteiger partial charge >= 0.3 is 5.97 Å². The highest BCUT2D eigenvalue weighted by atomic mass is 16.5. The van der Waals surface area contributed by atoms with Gasteiger partial charge in [0.15, 0.2) is 0 Å². The van der Waals surface area contributed by atoms with Crippen molar-refractivity contribution in [3.05, 3.63) is 52.9 Å². The largest absolute Gasteiger partial charge is 0.507 e. The number of benzene rings is 2. The molecule has 7 nitrogen and oxygen atoms in total. The fraction of sp³-hybridized carbons (Fsp3) is 0.190. The SMILES string of the molecule is CCC(=O)Nc1ccc(-c2coc3cc(OC(=O)CC)cc(O)c3c2=O)cc1. The number of hydrogen-bond acceptors (Lipinski definition) is 6. The lowest BCUT2D eigenvalue weighted by atomic mass is 10.0. The lowest BCUT2D eigenvalue weighted by Gasteiger charge is -2.08. The number of esters is 1. The molecule has 0 radical (unpaired) electrons. The van der Waals surface area contributed by atoms with Gasteiger partial charge in [-0.15, -0.1) is 0 Å². The Labute approximate surface area is 160 Å². The molecule has 0 aliphatic heterocycles. The van der Waals surface area contributed by atoms with E-state index in [9.17, 15) is 19.5 Å². The Kier molecular flexibility index (Phi) is 5.44. The van der Waals surface area contributed by atoms with Gasteiger partial charge in [0.05, 0.1) is 5.56 Å². The fourth-order valence-corrected chi connectivity index (χ4v) is 2.65. The zero-order valence-electron chi connectivity index (χ0n) is 15.4. The van der Waals surface area contributed by atoms with E-state index in [-0.39, 0.29) is 40.4 Å². The Morgan fingerprint density at radius 3 is 2.46 bits per heavy atom. The Morgan fingerprint density at radius 1 is 1.11 bits per heavy atom. The highest BCUT2D eigenvalue weighted by Crippen LogP contribution is 2.30. The van der Waals surface area contributed by atoms with Crippen molar-refractivity contribution >= 4 is 28.5 Å². The van der Waals surface area contributed by atoms with Crippen molar-refractivity contribution in [1.29, 1.82) is 0 Å². The van der Waals surface area contributed by atoms with Crippen LogP contribution >= 0.6 is 0 Å². The molecule has 0 fully saturated rings. The van der Waals surface area contributed by atoms with E-state index in [0.717, 1.165) is 0 Å². The predicted molar refractivity (Wildman–Crippen MR) is 104 cm³/mol. The van der Waals surface area contributed by atoms with Gasteiger partial charge in [0.2, 0.25) is 11.3 Å². The average Bonchev–Trinajstić information content (AvgIpc) is 2.68. The normalized spacial score (nSPS) is 10.6. The van der Waals surface area contributed by atoms with Gasteiger partial charge in [-0.05, 0) is 17.7 Å². The van der Waals surface area contributed by atoms with Crippen molar-refractivity contribution in [3.8, 4) is 22.6 Å². The minimum absolute atomic E-state index is 0.00263. The number of phenolic OH excluding ortho intramolecular Hbond substituents is 1. The van der Waals surface area contributed by atoms with Crippen molar-refractivity contribution in [2.45, 2.75) is 26.7 Å². The number of aromatic hydroxyl groups is 1. The van der Waals surface area contributed by atoms with E-state index in [1.165, 1.54) is 18.4 Å². The first kappa shape index (κ1) is 19.2. The van der Waals surface area contributed by atoms with E-state index in [0.29, 0.717) is 17.7 Å². The number of carbonyl (C=O) groups is 2. The average molecular weight is 381 g/mol. The summed E-state index contributed by atoms with van der Waals surface area (Å²) in [4.78, 5) is 35.7. The number of phenols is 1. The van der Waals surface area contributed by atoms with Crippen molar-refractivity contribution in [1.82, 2.24) is 0 Å². The molecule has 1 heterocycles. The summed E-state index contributed by atoms with van der Waals surface area (Å²) < 4.78 is 10.6. The Hall–Kier alpha value is -3.61. The summed E-state index contributed by atoms with van der Waals surface area (Å²) in [5.41, 5.74) is 1.14. The maximum Gasteiger partial charge on any atom is 0.310 e. The lowest BCUT2D eigenvalue weighted by molar-refractivity contribution is -0.134. The Bertz CT molecular complexity index is 1100. The van der Waals surface area contributed by atoms with Gasteiger partial charge in [-0.25, -0.2) is 0 Å². The van der Waals surface area contributed by atoms with E-state index < -0.39 is 11.4 Å². The number of fused-ring (bicyclic) bond motifs is 1. The molecule has 0 saturated heterocycles. The molecule has 1 aromatic heterocycles. The van der Waals surface area contributed by atoms with Gasteiger partial charge < -0.3 is 19.6 Å². The van der Waals surface area contributed by atoms with Crippen LogP contribution in [0.4, 0.5) is 5.69 Å². The second-order valence-corrected chi connectivity index (χ2v) is 6.10. The van der Waals surface area contributed by atoms with Crippen LogP contribution in [-0.2, 0) is 9.59 Å². The van der Waals surface area contributed by atoms with Crippen LogP contribution < -0.4 is 15.5 Å². The van der Waals surface area contributed by atoms with Crippen molar-refractivity contribution in [2.75, 3.05) is 5.32 Å². The van der Waals surface area contributed by atoms with Gasteiger partial charge in [0, 0.05) is 30.7 Å². The van der Waals surface area contributed by atoms with Crippen LogP contribution in [0, 0.1) is 0 Å². The summed E-state index contributed by atoms with van der Waals surface area (Å²) in [5, 5.41) is 13.0. The van der Waals surface area contributed by atoms with Crippen molar-refractivity contribution in [3.63, 3.8) is 0 Å². The molecule has 0 saturated carbocycles. The molecule has 28 heavy (non-hydrogen) atoms. The molecule has 0 aliphatic carbocycles. The van der Waals surface area contributed by atoms with Crippen LogP contribution in [0.25, 0.3) is 22.1 Å². The van der Waals surface area contributed by atoms with E-state index >= 15 is 0 Å². The Balaban J connectivity index is 1.99. The van der Waals surface area contributed by atoms with E-state index in [1.54, 1.807) is 38.1 Å². The molecule has 7 heteroatoms. The quantitative estimate of drug-likeness (QED) is 0.514. The highest BCUT2D eigenvalue weighted by molar-refractivity contribution is 5.91. The molecule has 2 N–H and O–H groups in total. The van der Waals surface area contributed by atoms with Crippen molar-refractivity contribution in [2.24, 2.45) is 0 Å². The summed E-state index contributed by atoms with van der Waals surface area (Å²) in [7, 11) is 0. The second kappa shape index (κ2) is 7.96.